The predicted molar refractivity (Wildman–Crippen MR) is 91.1 cm³/mol. The van der Waals surface area contributed by atoms with Crippen LogP contribution in [0.2, 0.25) is 0 Å². The fourth-order valence-electron chi connectivity index (χ4n) is 3.34. The van der Waals surface area contributed by atoms with Crippen molar-refractivity contribution < 1.29 is 23.5 Å². The van der Waals surface area contributed by atoms with Crippen LogP contribution < -0.4 is 11.5 Å². The maximum Gasteiger partial charge on any atom is 0.259 e. The molecule has 1 aliphatic rings. The molecule has 5 nitrogen and oxygen atoms in total. The third-order valence-electron chi connectivity index (χ3n) is 4.77. The Bertz CT molecular complexity index is 611. The van der Waals surface area contributed by atoms with Gasteiger partial charge in [-0.1, -0.05) is 0 Å². The number of thiophene rings is 1. The van der Waals surface area contributed by atoms with Crippen LogP contribution >= 0.6 is 11.3 Å². The number of carbonyl (C=O) groups excluding carboxylic acids is 2. The first kappa shape index (κ1) is 19.8. The van der Waals surface area contributed by atoms with E-state index in [0.717, 1.165) is 0 Å². The maximum atomic E-state index is 13.3. The van der Waals surface area contributed by atoms with Crippen molar-refractivity contribution >= 4 is 23.2 Å². The minimum Gasteiger partial charge on any atom is -0.393 e. The Morgan fingerprint density at radius 1 is 1.36 bits per heavy atom. The zero-order valence-corrected chi connectivity index (χ0v) is 14.6. The van der Waals surface area contributed by atoms with E-state index in [1.54, 1.807) is 17.9 Å². The first-order valence-electron chi connectivity index (χ1n) is 8.24. The Labute approximate surface area is 149 Å². The van der Waals surface area contributed by atoms with Crippen LogP contribution in [0, 0.1) is 18.3 Å². The molecule has 0 saturated heterocycles. The van der Waals surface area contributed by atoms with Crippen molar-refractivity contribution in [2.45, 2.75) is 50.6 Å². The van der Waals surface area contributed by atoms with Crippen LogP contribution in [-0.2, 0) is 11.2 Å². The van der Waals surface area contributed by atoms with Crippen molar-refractivity contribution in [2.24, 2.45) is 23.3 Å². The number of halogens is 2. The predicted octanol–water partition coefficient (Wildman–Crippen LogP) is 2.27. The van der Waals surface area contributed by atoms with Gasteiger partial charge in [-0.3, -0.25) is 9.59 Å². The van der Waals surface area contributed by atoms with Crippen LogP contribution in [-0.4, -0.2) is 28.9 Å². The first-order valence-corrected chi connectivity index (χ1v) is 9.12. The van der Waals surface area contributed by atoms with Gasteiger partial charge in [-0.05, 0) is 55.0 Å². The van der Waals surface area contributed by atoms with E-state index in [-0.39, 0.29) is 38.0 Å². The fourth-order valence-corrected chi connectivity index (χ4v) is 4.13. The van der Waals surface area contributed by atoms with Gasteiger partial charge in [-0.2, -0.15) is 0 Å². The van der Waals surface area contributed by atoms with Crippen molar-refractivity contribution in [3.05, 3.63) is 28.3 Å². The average molecular weight is 373 g/mol. The summed E-state index contributed by atoms with van der Waals surface area (Å²) in [6, 6.07) is 1.75. The highest BCUT2D eigenvalue weighted by atomic mass is 32.1. The topological polar surface area (TPSA) is 106 Å². The molecule has 0 bridgehead atoms. The lowest BCUT2D eigenvalue weighted by Crippen LogP contribution is -2.37. The van der Waals surface area contributed by atoms with Gasteiger partial charge in [0.2, 0.25) is 11.8 Å². The molecule has 0 aliphatic heterocycles. The molecule has 5 N–H and O–H groups in total. The molecule has 8 heteroatoms. The van der Waals surface area contributed by atoms with Crippen LogP contribution in [0.5, 0.6) is 0 Å². The van der Waals surface area contributed by atoms with Gasteiger partial charge in [0.05, 0.1) is 11.0 Å². The smallest absolute Gasteiger partial charge is 0.259 e. The monoisotopic (exact) mass is 373 g/mol. The number of aliphatic hydroxyl groups is 1. The van der Waals surface area contributed by atoms with Crippen molar-refractivity contribution in [1.29, 1.82) is 0 Å². The molecule has 0 spiro atoms. The lowest BCUT2D eigenvalue weighted by atomic mass is 9.76. The van der Waals surface area contributed by atoms with Gasteiger partial charge >= 0.3 is 0 Å². The molecule has 0 aromatic carbocycles. The molecule has 1 aliphatic carbocycles. The minimum atomic E-state index is -2.67. The quantitative estimate of drug-likeness (QED) is 0.651. The normalized spacial score (nSPS) is 20.1. The second-order valence-electron chi connectivity index (χ2n) is 6.58. The van der Waals surface area contributed by atoms with Crippen LogP contribution in [0.4, 0.5) is 8.78 Å². The molecule has 1 radical (unpaired) electrons. The summed E-state index contributed by atoms with van der Waals surface area (Å²) in [5.74, 6) is -4.64. The number of hydrogen-bond acceptors (Lipinski definition) is 4. The molecule has 1 saturated carbocycles. The molecule has 2 unspecified atom stereocenters. The SMILES string of the molecule is NC(=O)c1sccc1C[CH]C(O)CC(C(N)=O)C1CCC(F)(F)CC1. The summed E-state index contributed by atoms with van der Waals surface area (Å²) in [7, 11) is 0. The van der Waals surface area contributed by atoms with Crippen molar-refractivity contribution in [1.82, 2.24) is 0 Å². The zero-order chi connectivity index (χ0) is 18.6. The Balaban J connectivity index is 1.90. The number of aliphatic hydroxyl groups excluding tert-OH is 1. The maximum absolute atomic E-state index is 13.3. The number of amides is 2. The van der Waals surface area contributed by atoms with Gasteiger partial charge in [0.15, 0.2) is 0 Å². The third kappa shape index (κ3) is 5.47. The van der Waals surface area contributed by atoms with Crippen LogP contribution in [0.25, 0.3) is 0 Å². The Morgan fingerprint density at radius 3 is 2.56 bits per heavy atom. The number of hydrogen-bond donors (Lipinski definition) is 3. The fraction of sp³-hybridized carbons (Fsp3) is 0.588. The summed E-state index contributed by atoms with van der Waals surface area (Å²) < 4.78 is 26.6. The number of alkyl halides is 2. The van der Waals surface area contributed by atoms with Gasteiger partial charge in [-0.25, -0.2) is 8.78 Å². The number of nitrogens with two attached hydrogens (primary N) is 2. The van der Waals surface area contributed by atoms with E-state index in [4.69, 9.17) is 11.5 Å². The highest BCUT2D eigenvalue weighted by molar-refractivity contribution is 7.12. The van der Waals surface area contributed by atoms with E-state index in [2.05, 4.69) is 0 Å². The van der Waals surface area contributed by atoms with Crippen molar-refractivity contribution in [3.8, 4) is 0 Å². The standard InChI is InChI=1S/C17H23F2N2O3S/c18-17(19)6-3-10(4-7-17)13(15(20)23)9-12(22)2-1-11-5-8-25-14(11)16(21)24/h2,5,8,10,12-13,22H,1,3-4,6-7,9H2,(H2,20,23)(H2,21,24). The Morgan fingerprint density at radius 2 is 2.00 bits per heavy atom. The summed E-state index contributed by atoms with van der Waals surface area (Å²) in [5.41, 5.74) is 11.4. The van der Waals surface area contributed by atoms with Crippen LogP contribution in [0.3, 0.4) is 0 Å². The molecule has 1 aromatic rings. The summed E-state index contributed by atoms with van der Waals surface area (Å²) in [6.45, 7) is 0. The molecule has 139 valence electrons. The molecule has 1 heterocycles. The number of carbonyl (C=O) groups is 2. The van der Waals surface area contributed by atoms with Gasteiger partial charge < -0.3 is 16.6 Å². The highest BCUT2D eigenvalue weighted by Gasteiger charge is 2.39. The van der Waals surface area contributed by atoms with Crippen molar-refractivity contribution in [3.63, 3.8) is 0 Å². The molecule has 2 amide bonds. The first-order chi connectivity index (χ1) is 11.7. The van der Waals surface area contributed by atoms with E-state index in [9.17, 15) is 23.5 Å². The average Bonchev–Trinajstić information content (AvgIpc) is 2.99. The van der Waals surface area contributed by atoms with E-state index in [1.165, 1.54) is 11.3 Å². The van der Waals surface area contributed by atoms with Gasteiger partial charge in [0.1, 0.15) is 0 Å². The summed E-state index contributed by atoms with van der Waals surface area (Å²) in [6.07, 6.45) is 1.05. The molecule has 1 aromatic heterocycles. The number of primary amides is 2. The third-order valence-corrected chi connectivity index (χ3v) is 5.74. The van der Waals surface area contributed by atoms with Crippen LogP contribution in [0.1, 0.15) is 47.3 Å². The molecule has 2 rings (SSSR count). The zero-order valence-electron chi connectivity index (χ0n) is 13.8. The molecular formula is C17H23F2N2O3S. The van der Waals surface area contributed by atoms with E-state index >= 15 is 0 Å². The van der Waals surface area contributed by atoms with Gasteiger partial charge in [0.25, 0.3) is 5.91 Å². The molecule has 1 fully saturated rings. The lowest BCUT2D eigenvalue weighted by molar-refractivity contribution is -0.127. The second kappa shape index (κ2) is 8.23. The largest absolute Gasteiger partial charge is 0.393 e. The Kier molecular flexibility index (Phi) is 6.51. The van der Waals surface area contributed by atoms with Crippen molar-refractivity contribution in [2.75, 3.05) is 0 Å². The summed E-state index contributed by atoms with van der Waals surface area (Å²) in [5, 5.41) is 11.9. The molecular weight excluding hydrogens is 350 g/mol. The Hall–Kier alpha value is -1.54. The summed E-state index contributed by atoms with van der Waals surface area (Å²) in [4.78, 5) is 23.4. The molecule has 25 heavy (non-hydrogen) atoms. The summed E-state index contributed by atoms with van der Waals surface area (Å²) >= 11 is 1.23. The van der Waals surface area contributed by atoms with E-state index in [0.29, 0.717) is 16.9 Å². The van der Waals surface area contributed by atoms with Crippen LogP contribution in [0.15, 0.2) is 11.4 Å². The minimum absolute atomic E-state index is 0.0988. The number of rotatable bonds is 8. The highest BCUT2D eigenvalue weighted by Crippen LogP contribution is 2.40. The van der Waals surface area contributed by atoms with Gasteiger partial charge in [0, 0.05) is 18.8 Å². The van der Waals surface area contributed by atoms with Gasteiger partial charge in [-0.15, -0.1) is 11.3 Å². The molecule has 2 atom stereocenters. The van der Waals surface area contributed by atoms with E-state index in [1.807, 2.05) is 0 Å². The van der Waals surface area contributed by atoms with E-state index < -0.39 is 29.8 Å². The lowest BCUT2D eigenvalue weighted by Gasteiger charge is -2.33. The second-order valence-corrected chi connectivity index (χ2v) is 7.50.